The van der Waals surface area contributed by atoms with Gasteiger partial charge in [0.2, 0.25) is 0 Å². The van der Waals surface area contributed by atoms with Crippen molar-refractivity contribution in [1.29, 1.82) is 0 Å². The third kappa shape index (κ3) is 4.14. The number of benzene rings is 5. The van der Waals surface area contributed by atoms with E-state index in [4.69, 9.17) is 4.98 Å². The minimum absolute atomic E-state index is 1.03. The Bertz CT molecular complexity index is 2070. The fraction of sp³-hybridized carbons (Fsp3) is 0. The summed E-state index contributed by atoms with van der Waals surface area (Å²) in [5.74, 6) is 0. The van der Waals surface area contributed by atoms with Gasteiger partial charge in [0, 0.05) is 0 Å². The molecule has 0 spiro atoms. The van der Waals surface area contributed by atoms with Gasteiger partial charge in [0.1, 0.15) is 0 Å². The van der Waals surface area contributed by atoms with Crippen LogP contribution in [-0.2, 0) is 0 Å². The molecule has 0 N–H and O–H groups in total. The number of fused-ring (bicyclic) bond motifs is 3. The van der Waals surface area contributed by atoms with E-state index in [1.807, 2.05) is 35.4 Å². The average Bonchev–Trinajstić information content (AvgIpc) is 3.74. The summed E-state index contributed by atoms with van der Waals surface area (Å²) in [6.07, 6.45) is 5.75. The first-order valence-corrected chi connectivity index (χ1v) is 18.7. The number of hydrogen-bond acceptors (Lipinski definition) is 2. The Morgan fingerprint density at radius 1 is 0.465 bits per heavy atom. The summed E-state index contributed by atoms with van der Waals surface area (Å²) in [5.41, 5.74) is 4.51. The van der Waals surface area contributed by atoms with Crippen molar-refractivity contribution in [3.8, 4) is 11.4 Å². The van der Waals surface area contributed by atoms with Gasteiger partial charge in [-0.05, 0) is 0 Å². The average molecular weight is 613 g/mol. The number of pyridine rings is 1. The third-order valence-electron chi connectivity index (χ3n) is 8.43. The van der Waals surface area contributed by atoms with Gasteiger partial charge in [-0.3, -0.25) is 0 Å². The molecule has 5 heteroatoms. The summed E-state index contributed by atoms with van der Waals surface area (Å²) in [4.78, 5) is 5.08. The SMILES string of the molecule is c1cc[c]([Ge]([c]2ccccc2)([c]2cccc(-n3c4ccccc4c4ccc(-n5cccn5)cc43)c2)[c]2ccccn2)cc1. The molecule has 0 aliphatic carbocycles. The third-order valence-corrected chi connectivity index (χ3v) is 18.2. The van der Waals surface area contributed by atoms with Gasteiger partial charge >= 0.3 is 254 Å². The molecule has 0 aliphatic rings. The number of para-hydroxylation sites is 1. The van der Waals surface area contributed by atoms with Crippen molar-refractivity contribution in [2.75, 3.05) is 0 Å². The Balaban J connectivity index is 1.44. The first-order valence-electron chi connectivity index (χ1n) is 14.5. The number of hydrogen-bond donors (Lipinski definition) is 0. The Hall–Kier alpha value is -5.20. The summed E-state index contributed by atoms with van der Waals surface area (Å²) in [6, 6.07) is 54.9. The van der Waals surface area contributed by atoms with E-state index in [0.717, 1.165) is 16.9 Å². The molecular formula is C38H28GeN4. The molecule has 204 valence electrons. The molecule has 0 saturated heterocycles. The molecule has 0 bridgehead atoms. The van der Waals surface area contributed by atoms with Crippen molar-refractivity contribution in [3.05, 3.63) is 170 Å². The van der Waals surface area contributed by atoms with Gasteiger partial charge in [0.15, 0.2) is 0 Å². The Labute approximate surface area is 252 Å². The van der Waals surface area contributed by atoms with Crippen molar-refractivity contribution in [1.82, 2.24) is 19.3 Å². The predicted octanol–water partition coefficient (Wildman–Crippen LogP) is 5.74. The molecule has 3 heterocycles. The molecule has 0 amide bonds. The number of aromatic nitrogens is 4. The molecule has 43 heavy (non-hydrogen) atoms. The quantitative estimate of drug-likeness (QED) is 0.225. The molecule has 0 aliphatic heterocycles. The molecule has 0 fully saturated rings. The Morgan fingerprint density at radius 2 is 1.16 bits per heavy atom. The Kier molecular flexibility index (Phi) is 6.27. The first-order chi connectivity index (χ1) is 21.3. The molecule has 8 rings (SSSR count). The Morgan fingerprint density at radius 3 is 1.88 bits per heavy atom. The second kappa shape index (κ2) is 10.6. The van der Waals surface area contributed by atoms with Crippen LogP contribution in [0.5, 0.6) is 0 Å². The van der Waals surface area contributed by atoms with E-state index >= 15 is 0 Å². The summed E-state index contributed by atoms with van der Waals surface area (Å²) in [5, 5.41) is 6.96. The predicted molar refractivity (Wildman–Crippen MR) is 179 cm³/mol. The van der Waals surface area contributed by atoms with Crippen LogP contribution in [0.15, 0.2) is 170 Å². The van der Waals surface area contributed by atoms with Crippen molar-refractivity contribution in [2.45, 2.75) is 0 Å². The van der Waals surface area contributed by atoms with Crippen LogP contribution in [0.4, 0.5) is 0 Å². The minimum atomic E-state index is -3.52. The summed E-state index contributed by atoms with van der Waals surface area (Å²) < 4.78 is 9.54. The van der Waals surface area contributed by atoms with E-state index in [-0.39, 0.29) is 0 Å². The molecule has 8 aromatic rings. The topological polar surface area (TPSA) is 35.6 Å². The van der Waals surface area contributed by atoms with Crippen LogP contribution in [0.3, 0.4) is 0 Å². The van der Waals surface area contributed by atoms with Crippen LogP contribution >= 0.6 is 0 Å². The molecule has 0 unspecified atom stereocenters. The number of rotatable bonds is 6. The molecule has 4 nitrogen and oxygen atoms in total. The van der Waals surface area contributed by atoms with Crippen LogP contribution in [0.25, 0.3) is 33.2 Å². The molecule has 0 atom stereocenters. The normalized spacial score (nSPS) is 11.7. The van der Waals surface area contributed by atoms with Gasteiger partial charge in [0.05, 0.1) is 0 Å². The van der Waals surface area contributed by atoms with Crippen LogP contribution < -0.4 is 17.7 Å². The summed E-state index contributed by atoms with van der Waals surface area (Å²) in [7, 11) is 0. The maximum absolute atomic E-state index is 5.08. The fourth-order valence-corrected chi connectivity index (χ4v) is 16.2. The molecule has 5 aromatic carbocycles. The maximum atomic E-state index is 5.08. The zero-order chi connectivity index (χ0) is 28.6. The zero-order valence-electron chi connectivity index (χ0n) is 23.5. The van der Waals surface area contributed by atoms with Gasteiger partial charge in [-0.25, -0.2) is 0 Å². The van der Waals surface area contributed by atoms with Gasteiger partial charge in [-0.1, -0.05) is 0 Å². The molecule has 0 saturated carbocycles. The van der Waals surface area contributed by atoms with Gasteiger partial charge in [0.25, 0.3) is 0 Å². The van der Waals surface area contributed by atoms with Crippen LogP contribution in [0, 0.1) is 0 Å². The second-order valence-electron chi connectivity index (χ2n) is 10.8. The molecule has 0 radical (unpaired) electrons. The standard InChI is InChI=1S/C38H28GeN4/c1-3-13-29(14-4-1)39(30-15-5-2-6-16-30,38-21-9-10-24-40-38)31-17-11-18-33(27-31)43-36-20-8-7-19-34(36)35-23-22-32(28-37(35)43)42-26-12-25-41-42/h1-28H. The van der Waals surface area contributed by atoms with Crippen molar-refractivity contribution < 1.29 is 0 Å². The zero-order valence-corrected chi connectivity index (χ0v) is 25.6. The van der Waals surface area contributed by atoms with Gasteiger partial charge in [-0.15, -0.1) is 0 Å². The van der Waals surface area contributed by atoms with E-state index in [9.17, 15) is 0 Å². The monoisotopic (exact) mass is 614 g/mol. The molecular weight excluding hydrogens is 585 g/mol. The number of nitrogens with zero attached hydrogens (tertiary/aromatic N) is 4. The fourth-order valence-electron chi connectivity index (χ4n) is 6.58. The van der Waals surface area contributed by atoms with Crippen molar-refractivity contribution >= 4 is 52.8 Å². The van der Waals surface area contributed by atoms with E-state index in [1.165, 1.54) is 34.0 Å². The molecule has 3 aromatic heterocycles. The van der Waals surface area contributed by atoms with E-state index in [1.54, 1.807) is 0 Å². The van der Waals surface area contributed by atoms with Crippen LogP contribution in [0.1, 0.15) is 0 Å². The summed E-state index contributed by atoms with van der Waals surface area (Å²) >= 11 is -3.52. The van der Waals surface area contributed by atoms with Gasteiger partial charge < -0.3 is 0 Å². The summed E-state index contributed by atoms with van der Waals surface area (Å²) in [6.45, 7) is 0. The van der Waals surface area contributed by atoms with E-state index in [0.29, 0.717) is 0 Å². The van der Waals surface area contributed by atoms with Crippen LogP contribution in [0.2, 0.25) is 0 Å². The second-order valence-corrected chi connectivity index (χ2v) is 18.6. The van der Waals surface area contributed by atoms with Crippen molar-refractivity contribution in [2.24, 2.45) is 0 Å². The van der Waals surface area contributed by atoms with E-state index in [2.05, 4.69) is 149 Å². The van der Waals surface area contributed by atoms with Crippen LogP contribution in [-0.4, -0.2) is 32.6 Å². The first kappa shape index (κ1) is 25.5. The van der Waals surface area contributed by atoms with E-state index < -0.39 is 13.3 Å². The van der Waals surface area contributed by atoms with Crippen molar-refractivity contribution in [3.63, 3.8) is 0 Å². The van der Waals surface area contributed by atoms with Gasteiger partial charge in [-0.2, -0.15) is 0 Å².